The fourth-order valence-electron chi connectivity index (χ4n) is 2.47. The number of aryl methyl sites for hydroxylation is 1. The Morgan fingerprint density at radius 1 is 1.56 bits per heavy atom. The van der Waals surface area contributed by atoms with Gasteiger partial charge in [-0.1, -0.05) is 13.3 Å². The van der Waals surface area contributed by atoms with Gasteiger partial charge < -0.3 is 5.73 Å². The summed E-state index contributed by atoms with van der Waals surface area (Å²) in [6.07, 6.45) is 4.88. The summed E-state index contributed by atoms with van der Waals surface area (Å²) in [6.45, 7) is 6.41. The number of nitrogens with two attached hydrogens (primary N) is 1. The molecule has 3 nitrogen and oxygen atoms in total. The first-order valence-corrected chi connectivity index (χ1v) is 7.55. The molecule has 0 amide bonds. The van der Waals surface area contributed by atoms with Crippen LogP contribution in [0.4, 0.5) is 0 Å². The molecular formula is C13H24ClN3S. The lowest BCUT2D eigenvalue weighted by atomic mass is 9.98. The normalized spacial score (nSPS) is 20.7. The molecule has 0 spiro atoms. The summed E-state index contributed by atoms with van der Waals surface area (Å²) in [7, 11) is 0. The number of nitrogens with zero attached hydrogens (tertiary/aromatic N) is 2. The first-order chi connectivity index (χ1) is 8.31. The molecule has 1 fully saturated rings. The van der Waals surface area contributed by atoms with E-state index in [-0.39, 0.29) is 12.4 Å². The molecule has 1 aromatic rings. The van der Waals surface area contributed by atoms with Crippen LogP contribution in [0.25, 0.3) is 0 Å². The van der Waals surface area contributed by atoms with Gasteiger partial charge in [0.15, 0.2) is 0 Å². The van der Waals surface area contributed by atoms with E-state index in [4.69, 9.17) is 10.7 Å². The maximum absolute atomic E-state index is 5.76. The van der Waals surface area contributed by atoms with Crippen LogP contribution in [0.15, 0.2) is 5.38 Å². The first kappa shape index (κ1) is 15.9. The first-order valence-electron chi connectivity index (χ1n) is 6.67. The molecule has 104 valence electrons. The predicted molar refractivity (Wildman–Crippen MR) is 80.4 cm³/mol. The molecule has 1 aliphatic heterocycles. The highest BCUT2D eigenvalue weighted by Crippen LogP contribution is 2.19. The second kappa shape index (κ2) is 8.10. The molecule has 0 aromatic carbocycles. The Balaban J connectivity index is 0.00000162. The number of thiazole rings is 1. The van der Waals surface area contributed by atoms with Crippen LogP contribution >= 0.6 is 23.7 Å². The topological polar surface area (TPSA) is 42.1 Å². The molecule has 5 heteroatoms. The van der Waals surface area contributed by atoms with Crippen molar-refractivity contribution >= 4 is 23.7 Å². The fraction of sp³-hybridized carbons (Fsp3) is 0.769. The molecule has 1 unspecified atom stereocenters. The van der Waals surface area contributed by atoms with Crippen LogP contribution in [0.1, 0.15) is 36.9 Å². The lowest BCUT2D eigenvalue weighted by Crippen LogP contribution is -2.37. The standard InChI is InChI=1S/C13H23N3S.ClH/c1-2-4-12-10-17-13(15-12)9-16-6-3-5-11(7-14)8-16;/h10-11H,2-9,14H2,1H3;1H. The second-order valence-corrected chi connectivity index (χ2v) is 5.90. The van der Waals surface area contributed by atoms with Gasteiger partial charge in [0.25, 0.3) is 0 Å². The summed E-state index contributed by atoms with van der Waals surface area (Å²) in [6, 6.07) is 0. The monoisotopic (exact) mass is 289 g/mol. The van der Waals surface area contributed by atoms with Crippen LogP contribution in [-0.2, 0) is 13.0 Å². The highest BCUT2D eigenvalue weighted by Gasteiger charge is 2.19. The number of halogens is 1. The number of hydrogen-bond donors (Lipinski definition) is 1. The summed E-state index contributed by atoms with van der Waals surface area (Å²) >= 11 is 1.81. The number of aromatic nitrogens is 1. The second-order valence-electron chi connectivity index (χ2n) is 4.96. The summed E-state index contributed by atoms with van der Waals surface area (Å²) in [4.78, 5) is 7.20. The van der Waals surface area contributed by atoms with Crippen LogP contribution in [0.5, 0.6) is 0 Å². The molecule has 0 bridgehead atoms. The molecule has 18 heavy (non-hydrogen) atoms. The van der Waals surface area contributed by atoms with Crippen molar-refractivity contribution in [3.8, 4) is 0 Å². The van der Waals surface area contributed by atoms with Crippen molar-refractivity contribution in [2.45, 2.75) is 39.2 Å². The van der Waals surface area contributed by atoms with Crippen molar-refractivity contribution in [3.63, 3.8) is 0 Å². The van der Waals surface area contributed by atoms with Crippen molar-refractivity contribution in [1.82, 2.24) is 9.88 Å². The van der Waals surface area contributed by atoms with Crippen molar-refractivity contribution in [3.05, 3.63) is 16.1 Å². The molecule has 0 radical (unpaired) electrons. The quantitative estimate of drug-likeness (QED) is 0.906. The van der Waals surface area contributed by atoms with Crippen molar-refractivity contribution in [2.24, 2.45) is 11.7 Å². The van der Waals surface area contributed by atoms with Crippen molar-refractivity contribution in [1.29, 1.82) is 0 Å². The molecule has 2 rings (SSSR count). The van der Waals surface area contributed by atoms with Gasteiger partial charge in [-0.15, -0.1) is 23.7 Å². The molecule has 1 aliphatic rings. The predicted octanol–water partition coefficient (Wildman–Crippen LogP) is 2.69. The lowest BCUT2D eigenvalue weighted by molar-refractivity contribution is 0.171. The van der Waals surface area contributed by atoms with Gasteiger partial charge in [-0.25, -0.2) is 4.98 Å². The fourth-order valence-corrected chi connectivity index (χ4v) is 3.34. The third kappa shape index (κ3) is 4.50. The van der Waals surface area contributed by atoms with E-state index in [9.17, 15) is 0 Å². The Morgan fingerprint density at radius 3 is 3.11 bits per heavy atom. The van der Waals surface area contributed by atoms with E-state index in [2.05, 4.69) is 17.2 Å². The lowest BCUT2D eigenvalue weighted by Gasteiger charge is -2.31. The number of likely N-dealkylation sites (tertiary alicyclic amines) is 1. The zero-order chi connectivity index (χ0) is 12.1. The maximum atomic E-state index is 5.76. The van der Waals surface area contributed by atoms with E-state index in [0.29, 0.717) is 5.92 Å². The molecular weight excluding hydrogens is 266 g/mol. The minimum Gasteiger partial charge on any atom is -0.330 e. The molecule has 1 atom stereocenters. The number of rotatable bonds is 5. The Morgan fingerprint density at radius 2 is 2.39 bits per heavy atom. The van der Waals surface area contributed by atoms with E-state index in [1.165, 1.54) is 36.5 Å². The highest BCUT2D eigenvalue weighted by atomic mass is 35.5. The van der Waals surface area contributed by atoms with Gasteiger partial charge in [0, 0.05) is 11.9 Å². The summed E-state index contributed by atoms with van der Waals surface area (Å²) < 4.78 is 0. The summed E-state index contributed by atoms with van der Waals surface area (Å²) in [5.74, 6) is 0.693. The molecule has 0 aliphatic carbocycles. The van der Waals surface area contributed by atoms with Gasteiger partial charge in [0.05, 0.1) is 12.2 Å². The maximum Gasteiger partial charge on any atom is 0.107 e. The molecule has 2 heterocycles. The van der Waals surface area contributed by atoms with Crippen LogP contribution < -0.4 is 5.73 Å². The summed E-state index contributed by atoms with van der Waals surface area (Å²) in [5.41, 5.74) is 7.03. The van der Waals surface area contributed by atoms with Gasteiger partial charge in [-0.2, -0.15) is 0 Å². The molecule has 2 N–H and O–H groups in total. The minimum absolute atomic E-state index is 0. The van der Waals surface area contributed by atoms with E-state index in [1.807, 2.05) is 11.3 Å². The SMILES string of the molecule is CCCc1csc(CN2CCCC(CN)C2)n1.Cl. The smallest absolute Gasteiger partial charge is 0.107 e. The highest BCUT2D eigenvalue weighted by molar-refractivity contribution is 7.09. The summed E-state index contributed by atoms with van der Waals surface area (Å²) in [5, 5.41) is 3.48. The average molecular weight is 290 g/mol. The van der Waals surface area contributed by atoms with Gasteiger partial charge in [-0.05, 0) is 38.3 Å². The third-order valence-electron chi connectivity index (χ3n) is 3.40. The molecule has 1 saturated heterocycles. The van der Waals surface area contributed by atoms with Gasteiger partial charge >= 0.3 is 0 Å². The van der Waals surface area contributed by atoms with E-state index in [0.717, 1.165) is 26.1 Å². The minimum atomic E-state index is 0. The van der Waals surface area contributed by atoms with Crippen molar-refractivity contribution in [2.75, 3.05) is 19.6 Å². The Labute approximate surface area is 120 Å². The zero-order valence-electron chi connectivity index (χ0n) is 11.1. The van der Waals surface area contributed by atoms with E-state index >= 15 is 0 Å². The third-order valence-corrected chi connectivity index (χ3v) is 4.28. The molecule has 0 saturated carbocycles. The Hall–Kier alpha value is -0.160. The van der Waals surface area contributed by atoms with Crippen LogP contribution in [-0.4, -0.2) is 29.5 Å². The Kier molecular flexibility index (Phi) is 7.15. The van der Waals surface area contributed by atoms with E-state index < -0.39 is 0 Å². The van der Waals surface area contributed by atoms with E-state index in [1.54, 1.807) is 0 Å². The van der Waals surface area contributed by atoms with Gasteiger partial charge in [0.1, 0.15) is 5.01 Å². The number of piperidine rings is 1. The van der Waals surface area contributed by atoms with Crippen LogP contribution in [0, 0.1) is 5.92 Å². The van der Waals surface area contributed by atoms with Gasteiger partial charge in [-0.3, -0.25) is 4.90 Å². The van der Waals surface area contributed by atoms with Gasteiger partial charge in [0.2, 0.25) is 0 Å². The van der Waals surface area contributed by atoms with Crippen LogP contribution in [0.3, 0.4) is 0 Å². The number of hydrogen-bond acceptors (Lipinski definition) is 4. The largest absolute Gasteiger partial charge is 0.330 e. The van der Waals surface area contributed by atoms with Crippen molar-refractivity contribution < 1.29 is 0 Å². The zero-order valence-corrected chi connectivity index (χ0v) is 12.7. The average Bonchev–Trinajstić information content (AvgIpc) is 2.77. The Bertz CT molecular complexity index is 343. The molecule has 1 aromatic heterocycles. The van der Waals surface area contributed by atoms with Crippen LogP contribution in [0.2, 0.25) is 0 Å².